The van der Waals surface area contributed by atoms with Crippen LogP contribution in [-0.2, 0) is 6.42 Å². The Balaban J connectivity index is 1.37. The largest absolute Gasteiger partial charge is 0.335 e. The second kappa shape index (κ2) is 10.6. The fourth-order valence-corrected chi connectivity index (χ4v) is 5.07. The molecule has 1 amide bonds. The Hall–Kier alpha value is -4.14. The molecule has 5 nitrogen and oxygen atoms in total. The lowest BCUT2D eigenvalue weighted by Gasteiger charge is -2.40. The van der Waals surface area contributed by atoms with Crippen molar-refractivity contribution in [1.29, 1.82) is 5.26 Å². The highest BCUT2D eigenvalue weighted by Gasteiger charge is 2.30. The molecule has 1 fully saturated rings. The summed E-state index contributed by atoms with van der Waals surface area (Å²) in [5, 5.41) is 9.73. The number of hydrogen-bond donors (Lipinski definition) is 0. The Morgan fingerprint density at radius 3 is 1.94 bits per heavy atom. The van der Waals surface area contributed by atoms with Gasteiger partial charge >= 0.3 is 0 Å². The van der Waals surface area contributed by atoms with E-state index in [-0.39, 0.29) is 11.9 Å². The molecule has 1 aromatic heterocycles. The number of carbonyl (C=O) groups is 1. The summed E-state index contributed by atoms with van der Waals surface area (Å²) >= 11 is 0. The lowest BCUT2D eigenvalue weighted by Crippen LogP contribution is -2.50. The SMILES string of the molecule is CCc1ccc(-n2ccc(C#N)c2C(=O)N2CCN(C(c3ccccc3)c3ccccc3)CC2)cc1. The summed E-state index contributed by atoms with van der Waals surface area (Å²) in [6.45, 7) is 4.86. The monoisotopic (exact) mass is 474 g/mol. The van der Waals surface area contributed by atoms with Gasteiger partial charge in [-0.25, -0.2) is 0 Å². The first-order valence-electron chi connectivity index (χ1n) is 12.5. The number of carbonyl (C=O) groups excluding carboxylic acids is 1. The summed E-state index contributed by atoms with van der Waals surface area (Å²) in [5.74, 6) is -0.0910. The van der Waals surface area contributed by atoms with E-state index in [0.717, 1.165) is 25.2 Å². The number of aromatic nitrogens is 1. The number of benzene rings is 3. The molecule has 1 aliphatic heterocycles. The molecule has 0 unspecified atom stereocenters. The van der Waals surface area contributed by atoms with Crippen LogP contribution in [0.2, 0.25) is 0 Å². The first-order chi connectivity index (χ1) is 17.7. The maximum atomic E-state index is 13.7. The lowest BCUT2D eigenvalue weighted by atomic mass is 9.96. The minimum Gasteiger partial charge on any atom is -0.335 e. The molecule has 5 rings (SSSR count). The van der Waals surface area contributed by atoms with Gasteiger partial charge in [0.1, 0.15) is 11.8 Å². The highest BCUT2D eigenvalue weighted by molar-refractivity contribution is 5.96. The van der Waals surface area contributed by atoms with Crippen LogP contribution in [0.1, 0.15) is 45.7 Å². The van der Waals surface area contributed by atoms with Crippen LogP contribution in [0, 0.1) is 11.3 Å². The molecule has 0 bridgehead atoms. The number of piperazine rings is 1. The average Bonchev–Trinajstić information content (AvgIpc) is 3.39. The van der Waals surface area contributed by atoms with E-state index in [2.05, 4.69) is 78.6 Å². The number of hydrogen-bond acceptors (Lipinski definition) is 3. The summed E-state index contributed by atoms with van der Waals surface area (Å²) in [5.41, 5.74) is 5.48. The lowest BCUT2D eigenvalue weighted by molar-refractivity contribution is 0.0589. The topological polar surface area (TPSA) is 52.3 Å². The van der Waals surface area contributed by atoms with Crippen LogP contribution in [0.5, 0.6) is 0 Å². The first-order valence-corrected chi connectivity index (χ1v) is 12.5. The van der Waals surface area contributed by atoms with Gasteiger partial charge in [0.05, 0.1) is 11.6 Å². The summed E-state index contributed by atoms with van der Waals surface area (Å²) in [4.78, 5) is 18.0. The van der Waals surface area contributed by atoms with Crippen molar-refractivity contribution in [3.63, 3.8) is 0 Å². The second-order valence-corrected chi connectivity index (χ2v) is 9.13. The van der Waals surface area contributed by atoms with Gasteiger partial charge in [-0.05, 0) is 41.3 Å². The minimum atomic E-state index is -0.0910. The number of amides is 1. The van der Waals surface area contributed by atoms with Gasteiger partial charge in [0.25, 0.3) is 5.91 Å². The molecule has 4 aromatic rings. The van der Waals surface area contributed by atoms with Gasteiger partial charge in [-0.1, -0.05) is 79.7 Å². The normalized spacial score (nSPS) is 14.1. The third kappa shape index (κ3) is 4.68. The number of nitrogens with zero attached hydrogens (tertiary/aromatic N) is 4. The maximum absolute atomic E-state index is 13.7. The highest BCUT2D eigenvalue weighted by atomic mass is 16.2. The van der Waals surface area contributed by atoms with Crippen LogP contribution < -0.4 is 0 Å². The molecule has 0 radical (unpaired) electrons. The summed E-state index contributed by atoms with van der Waals surface area (Å²) in [7, 11) is 0. The minimum absolute atomic E-state index is 0.0910. The van der Waals surface area contributed by atoms with E-state index in [1.165, 1.54) is 16.7 Å². The Morgan fingerprint density at radius 2 is 1.42 bits per heavy atom. The van der Waals surface area contributed by atoms with Crippen molar-refractivity contribution >= 4 is 5.91 Å². The third-order valence-corrected chi connectivity index (χ3v) is 7.03. The number of rotatable bonds is 6. The first kappa shape index (κ1) is 23.6. The van der Waals surface area contributed by atoms with E-state index >= 15 is 0 Å². The molecular formula is C31H30N4O. The van der Waals surface area contributed by atoms with Crippen molar-refractivity contribution in [3.05, 3.63) is 125 Å². The van der Waals surface area contributed by atoms with Gasteiger partial charge in [0.2, 0.25) is 0 Å². The molecule has 1 saturated heterocycles. The van der Waals surface area contributed by atoms with Crippen molar-refractivity contribution in [1.82, 2.24) is 14.4 Å². The zero-order valence-electron chi connectivity index (χ0n) is 20.5. The van der Waals surface area contributed by atoms with E-state index in [9.17, 15) is 10.1 Å². The molecule has 180 valence electrons. The summed E-state index contributed by atoms with van der Waals surface area (Å²) in [6.07, 6.45) is 2.78. The van der Waals surface area contributed by atoms with E-state index in [1.54, 1.807) is 6.07 Å². The summed E-state index contributed by atoms with van der Waals surface area (Å²) < 4.78 is 1.85. The van der Waals surface area contributed by atoms with Crippen molar-refractivity contribution in [2.45, 2.75) is 19.4 Å². The Morgan fingerprint density at radius 1 is 0.833 bits per heavy atom. The van der Waals surface area contributed by atoms with Crippen LogP contribution in [0.25, 0.3) is 5.69 Å². The third-order valence-electron chi connectivity index (χ3n) is 7.03. The van der Waals surface area contributed by atoms with Gasteiger partial charge in [0.15, 0.2) is 0 Å². The quantitative estimate of drug-likeness (QED) is 0.373. The molecule has 36 heavy (non-hydrogen) atoms. The zero-order chi connectivity index (χ0) is 24.9. The molecule has 0 spiro atoms. The van der Waals surface area contributed by atoms with Gasteiger partial charge in [-0.2, -0.15) is 5.26 Å². The van der Waals surface area contributed by atoms with Gasteiger partial charge in [-0.15, -0.1) is 0 Å². The molecule has 3 aromatic carbocycles. The van der Waals surface area contributed by atoms with E-state index in [1.807, 2.05) is 39.9 Å². The van der Waals surface area contributed by atoms with Gasteiger partial charge in [-0.3, -0.25) is 9.69 Å². The molecule has 0 aliphatic carbocycles. The van der Waals surface area contributed by atoms with Crippen molar-refractivity contribution in [3.8, 4) is 11.8 Å². The predicted molar refractivity (Wildman–Crippen MR) is 142 cm³/mol. The number of nitriles is 1. The smallest absolute Gasteiger partial charge is 0.272 e. The van der Waals surface area contributed by atoms with Crippen LogP contribution >= 0.6 is 0 Å². The van der Waals surface area contributed by atoms with Crippen molar-refractivity contribution in [2.24, 2.45) is 0 Å². The molecule has 0 N–H and O–H groups in total. The van der Waals surface area contributed by atoms with Crippen LogP contribution in [0.15, 0.2) is 97.2 Å². The van der Waals surface area contributed by atoms with Gasteiger partial charge in [0, 0.05) is 38.1 Å². The average molecular weight is 475 g/mol. The van der Waals surface area contributed by atoms with E-state index in [0.29, 0.717) is 24.3 Å². The van der Waals surface area contributed by atoms with Gasteiger partial charge < -0.3 is 9.47 Å². The zero-order valence-corrected chi connectivity index (χ0v) is 20.5. The van der Waals surface area contributed by atoms with Crippen molar-refractivity contribution in [2.75, 3.05) is 26.2 Å². The second-order valence-electron chi connectivity index (χ2n) is 9.13. The van der Waals surface area contributed by atoms with Crippen LogP contribution in [-0.4, -0.2) is 46.5 Å². The molecule has 0 saturated carbocycles. The molecule has 1 aliphatic rings. The Bertz CT molecular complexity index is 1310. The maximum Gasteiger partial charge on any atom is 0.272 e. The Kier molecular flexibility index (Phi) is 6.97. The molecule has 5 heteroatoms. The van der Waals surface area contributed by atoms with Crippen LogP contribution in [0.3, 0.4) is 0 Å². The van der Waals surface area contributed by atoms with E-state index in [4.69, 9.17) is 0 Å². The Labute approximate surface area is 212 Å². The highest BCUT2D eigenvalue weighted by Crippen LogP contribution is 2.30. The fourth-order valence-electron chi connectivity index (χ4n) is 5.07. The molecule has 0 atom stereocenters. The fraction of sp³-hybridized carbons (Fsp3) is 0.226. The standard InChI is InChI=1S/C31H30N4O/c1-2-24-13-15-28(16-14-24)35-18-17-27(23-32)30(35)31(36)34-21-19-33(20-22-34)29(25-9-5-3-6-10-25)26-11-7-4-8-12-26/h3-18,29H,2,19-22H2,1H3. The van der Waals surface area contributed by atoms with Crippen LogP contribution in [0.4, 0.5) is 0 Å². The predicted octanol–water partition coefficient (Wildman–Crippen LogP) is 5.46. The summed E-state index contributed by atoms with van der Waals surface area (Å²) in [6, 6.07) is 33.3. The van der Waals surface area contributed by atoms with E-state index < -0.39 is 0 Å². The van der Waals surface area contributed by atoms with Crippen molar-refractivity contribution < 1.29 is 4.79 Å². The molecular weight excluding hydrogens is 444 g/mol. The number of aryl methyl sites for hydroxylation is 1. The molecule has 2 heterocycles.